The smallest absolute Gasteiger partial charge is 0.323 e. The van der Waals surface area contributed by atoms with E-state index in [1.54, 1.807) is 22.4 Å². The van der Waals surface area contributed by atoms with Crippen molar-refractivity contribution in [3.63, 3.8) is 0 Å². The lowest BCUT2D eigenvalue weighted by molar-refractivity contribution is 0.186. The van der Waals surface area contributed by atoms with Crippen LogP contribution >= 0.6 is 11.3 Å². The summed E-state index contributed by atoms with van der Waals surface area (Å²) in [5.41, 5.74) is 0. The van der Waals surface area contributed by atoms with Gasteiger partial charge >= 0.3 is 6.03 Å². The summed E-state index contributed by atoms with van der Waals surface area (Å²) in [5.74, 6) is 1.26. The summed E-state index contributed by atoms with van der Waals surface area (Å²) >= 11 is 1.67. The number of rotatable bonds is 7. The van der Waals surface area contributed by atoms with Crippen molar-refractivity contribution >= 4 is 23.2 Å². The number of hydrogen-bond acceptors (Lipinski definition) is 4. The van der Waals surface area contributed by atoms with Crippen LogP contribution in [0.4, 0.5) is 10.6 Å². The van der Waals surface area contributed by atoms with Gasteiger partial charge in [0.15, 0.2) is 0 Å². The molecule has 0 aromatic carbocycles. The largest absolute Gasteiger partial charge is 0.395 e. The molecule has 1 atom stereocenters. The quantitative estimate of drug-likeness (QED) is 0.727. The Kier molecular flexibility index (Phi) is 6.46. The molecule has 2 heterocycles. The zero-order valence-corrected chi connectivity index (χ0v) is 15.9. The van der Waals surface area contributed by atoms with Crippen LogP contribution in [0.5, 0.6) is 0 Å². The van der Waals surface area contributed by atoms with E-state index in [0.717, 1.165) is 30.7 Å². The summed E-state index contributed by atoms with van der Waals surface area (Å²) in [6.45, 7) is 3.57. The van der Waals surface area contributed by atoms with Crippen LogP contribution in [0.3, 0.4) is 0 Å². The average Bonchev–Trinajstić information content (AvgIpc) is 3.24. The molecule has 0 aliphatic heterocycles. The molecule has 6 nitrogen and oxygen atoms in total. The zero-order chi connectivity index (χ0) is 18.4. The van der Waals surface area contributed by atoms with E-state index in [1.165, 1.54) is 4.88 Å². The molecule has 0 radical (unpaired) electrons. The Morgan fingerprint density at radius 2 is 2.31 bits per heavy atom. The highest BCUT2D eigenvalue weighted by Crippen LogP contribution is 2.22. The molecule has 2 aromatic rings. The molecule has 140 valence electrons. The monoisotopic (exact) mass is 374 g/mol. The van der Waals surface area contributed by atoms with Gasteiger partial charge in [0.05, 0.1) is 19.3 Å². The molecule has 2 amide bonds. The second-order valence-corrected chi connectivity index (χ2v) is 8.01. The molecule has 26 heavy (non-hydrogen) atoms. The average molecular weight is 375 g/mol. The number of aliphatic hydroxyl groups excluding tert-OH is 1. The van der Waals surface area contributed by atoms with E-state index >= 15 is 0 Å². The van der Waals surface area contributed by atoms with Crippen LogP contribution in [0.2, 0.25) is 0 Å². The van der Waals surface area contributed by atoms with E-state index in [0.29, 0.717) is 24.8 Å². The summed E-state index contributed by atoms with van der Waals surface area (Å²) in [7, 11) is 0. The van der Waals surface area contributed by atoms with Gasteiger partial charge in [-0.15, -0.1) is 11.3 Å². The highest BCUT2D eigenvalue weighted by molar-refractivity contribution is 7.11. The number of carbonyl (C=O) groups is 1. The summed E-state index contributed by atoms with van der Waals surface area (Å²) < 4.78 is 1.87. The predicted molar refractivity (Wildman–Crippen MR) is 104 cm³/mol. The number of urea groups is 1. The van der Waals surface area contributed by atoms with Gasteiger partial charge in [-0.2, -0.15) is 5.10 Å². The Morgan fingerprint density at radius 3 is 3.00 bits per heavy atom. The number of amides is 2. The predicted octanol–water partition coefficient (Wildman–Crippen LogP) is 3.64. The molecule has 2 aromatic heterocycles. The standard InChI is InChI=1S/C19H26N4O2S/c1-15-7-8-17(26-15)14-22(11-12-24)19(25)21-18-9-10-20-23(18)13-16-5-3-2-4-6-16/h2-3,7-10,16,24H,4-6,11-14H2,1H3,(H,21,25)/t16-/m0/s1. The van der Waals surface area contributed by atoms with Crippen molar-refractivity contribution in [1.29, 1.82) is 0 Å². The number of anilines is 1. The summed E-state index contributed by atoms with van der Waals surface area (Å²) in [4.78, 5) is 16.7. The van der Waals surface area contributed by atoms with E-state index in [-0.39, 0.29) is 12.6 Å². The third-order valence-corrected chi connectivity index (χ3v) is 5.55. The van der Waals surface area contributed by atoms with Crippen LogP contribution in [0.15, 0.2) is 36.5 Å². The lowest BCUT2D eigenvalue weighted by atomic mass is 9.94. The number of aliphatic hydroxyl groups is 1. The van der Waals surface area contributed by atoms with Crippen molar-refractivity contribution in [3.05, 3.63) is 46.3 Å². The first-order valence-electron chi connectivity index (χ1n) is 9.04. The van der Waals surface area contributed by atoms with Crippen LogP contribution < -0.4 is 5.32 Å². The highest BCUT2D eigenvalue weighted by Gasteiger charge is 2.18. The fraction of sp³-hybridized carbons (Fsp3) is 0.474. The topological polar surface area (TPSA) is 70.4 Å². The first-order chi connectivity index (χ1) is 12.7. The van der Waals surface area contributed by atoms with Gasteiger partial charge in [0.1, 0.15) is 5.82 Å². The number of aryl methyl sites for hydroxylation is 1. The van der Waals surface area contributed by atoms with Gasteiger partial charge in [-0.25, -0.2) is 9.48 Å². The van der Waals surface area contributed by atoms with Crippen molar-refractivity contribution in [2.75, 3.05) is 18.5 Å². The van der Waals surface area contributed by atoms with Gasteiger partial charge in [0.25, 0.3) is 0 Å². The minimum Gasteiger partial charge on any atom is -0.395 e. The van der Waals surface area contributed by atoms with Crippen LogP contribution in [0, 0.1) is 12.8 Å². The van der Waals surface area contributed by atoms with Crippen molar-refractivity contribution in [3.8, 4) is 0 Å². The minimum atomic E-state index is -0.213. The third-order valence-electron chi connectivity index (χ3n) is 4.56. The summed E-state index contributed by atoms with van der Waals surface area (Å²) in [5, 5.41) is 16.6. The second-order valence-electron chi connectivity index (χ2n) is 6.64. The highest BCUT2D eigenvalue weighted by atomic mass is 32.1. The van der Waals surface area contributed by atoms with Crippen LogP contribution in [0.25, 0.3) is 0 Å². The SMILES string of the molecule is Cc1ccc(CN(CCO)C(=O)Nc2ccnn2C[C@H]2CC=CCC2)s1. The van der Waals surface area contributed by atoms with Gasteiger partial charge in [0, 0.05) is 28.9 Å². The normalized spacial score (nSPS) is 16.6. The van der Waals surface area contributed by atoms with Gasteiger partial charge in [0.2, 0.25) is 0 Å². The Labute approximate surface area is 158 Å². The number of nitrogens with one attached hydrogen (secondary N) is 1. The third kappa shape index (κ3) is 4.95. The number of thiophene rings is 1. The summed E-state index contributed by atoms with van der Waals surface area (Å²) in [6.07, 6.45) is 9.48. The molecular formula is C19H26N4O2S. The first-order valence-corrected chi connectivity index (χ1v) is 9.86. The molecule has 0 bridgehead atoms. The maximum Gasteiger partial charge on any atom is 0.323 e. The van der Waals surface area contributed by atoms with Crippen molar-refractivity contribution in [2.24, 2.45) is 5.92 Å². The Bertz CT molecular complexity index is 752. The van der Waals surface area contributed by atoms with Gasteiger partial charge in [-0.1, -0.05) is 12.2 Å². The first kappa shape index (κ1) is 18.7. The van der Waals surface area contributed by atoms with Crippen LogP contribution in [-0.4, -0.2) is 39.0 Å². The van der Waals surface area contributed by atoms with E-state index in [1.807, 2.05) is 29.8 Å². The molecule has 3 rings (SSSR count). The lowest BCUT2D eigenvalue weighted by Gasteiger charge is -2.23. The van der Waals surface area contributed by atoms with Crippen molar-refractivity contribution in [2.45, 2.75) is 39.3 Å². The number of hydrogen-bond donors (Lipinski definition) is 2. The van der Waals surface area contributed by atoms with E-state index in [2.05, 4.69) is 22.6 Å². The molecule has 0 saturated heterocycles. The molecule has 0 fully saturated rings. The molecule has 0 unspecified atom stereocenters. The van der Waals surface area contributed by atoms with Gasteiger partial charge in [-0.05, 0) is 44.2 Å². The Balaban J connectivity index is 1.63. The molecule has 1 aliphatic carbocycles. The molecule has 1 aliphatic rings. The molecule has 0 spiro atoms. The number of aromatic nitrogens is 2. The molecule has 2 N–H and O–H groups in total. The molecule has 0 saturated carbocycles. The van der Waals surface area contributed by atoms with Gasteiger partial charge in [-0.3, -0.25) is 5.32 Å². The maximum atomic E-state index is 12.7. The fourth-order valence-electron chi connectivity index (χ4n) is 3.17. The van der Waals surface area contributed by atoms with Gasteiger partial charge < -0.3 is 10.0 Å². The van der Waals surface area contributed by atoms with Crippen molar-refractivity contribution < 1.29 is 9.90 Å². The Morgan fingerprint density at radius 1 is 1.42 bits per heavy atom. The van der Waals surface area contributed by atoms with Crippen molar-refractivity contribution in [1.82, 2.24) is 14.7 Å². The molecular weight excluding hydrogens is 348 g/mol. The van der Waals surface area contributed by atoms with E-state index < -0.39 is 0 Å². The number of nitrogens with zero attached hydrogens (tertiary/aromatic N) is 3. The fourth-order valence-corrected chi connectivity index (χ4v) is 4.08. The zero-order valence-electron chi connectivity index (χ0n) is 15.1. The van der Waals surface area contributed by atoms with E-state index in [9.17, 15) is 9.90 Å². The Hall–Kier alpha value is -2.12. The second kappa shape index (κ2) is 9.00. The number of allylic oxidation sites excluding steroid dienone is 2. The maximum absolute atomic E-state index is 12.7. The van der Waals surface area contributed by atoms with E-state index in [4.69, 9.17) is 0 Å². The summed E-state index contributed by atoms with van der Waals surface area (Å²) in [6, 6.07) is 5.68. The lowest BCUT2D eigenvalue weighted by Crippen LogP contribution is -2.37. The minimum absolute atomic E-state index is 0.0640. The van der Waals surface area contributed by atoms with Crippen LogP contribution in [0.1, 0.15) is 29.0 Å². The number of carbonyl (C=O) groups excluding carboxylic acids is 1. The molecule has 7 heteroatoms. The van der Waals surface area contributed by atoms with Crippen LogP contribution in [-0.2, 0) is 13.1 Å².